The summed E-state index contributed by atoms with van der Waals surface area (Å²) in [4.78, 5) is 41.4. The molecule has 0 heterocycles. The van der Waals surface area contributed by atoms with Crippen LogP contribution in [0.25, 0.3) is 0 Å². The summed E-state index contributed by atoms with van der Waals surface area (Å²) in [5.41, 5.74) is 0. The minimum Gasteiger partial charge on any atom is -0.550 e. The van der Waals surface area contributed by atoms with Crippen LogP contribution in [0.2, 0.25) is 0 Å². The van der Waals surface area contributed by atoms with Crippen molar-refractivity contribution in [3.63, 3.8) is 0 Å². The van der Waals surface area contributed by atoms with Crippen molar-refractivity contribution in [1.82, 2.24) is 0 Å². The molecule has 3 aliphatic rings. The van der Waals surface area contributed by atoms with E-state index < -0.39 is 11.9 Å². The van der Waals surface area contributed by atoms with Gasteiger partial charge in [0.2, 0.25) is 0 Å². The summed E-state index contributed by atoms with van der Waals surface area (Å²) in [6.45, 7) is 3.68. The molecule has 3 aliphatic carbocycles. The Morgan fingerprint density at radius 2 is 0.938 bits per heavy atom. The molecule has 0 spiro atoms. The molecule has 0 aromatic heterocycles. The summed E-state index contributed by atoms with van der Waals surface area (Å²) in [7, 11) is 0. The molecule has 0 radical (unpaired) electrons. The first-order valence-corrected chi connectivity index (χ1v) is 12.1. The molecule has 0 N–H and O–H groups in total. The van der Waals surface area contributed by atoms with E-state index in [1.54, 1.807) is 0 Å². The molecule has 0 saturated heterocycles. The Balaban J connectivity index is 0.000000455. The van der Waals surface area contributed by atoms with Gasteiger partial charge in [0.1, 0.15) is 0 Å². The van der Waals surface area contributed by atoms with Crippen molar-refractivity contribution in [2.75, 3.05) is 0 Å². The quantitative estimate of drug-likeness (QED) is 0.395. The number of carboxylic acids is 2. The Hall–Kier alpha value is -0.747. The van der Waals surface area contributed by atoms with E-state index in [4.69, 9.17) is 9.78 Å². The Kier molecular flexibility index (Phi) is 18.2. The molecule has 3 saturated carbocycles. The first-order valence-electron chi connectivity index (χ1n) is 12.1. The van der Waals surface area contributed by atoms with Gasteiger partial charge in [-0.2, -0.15) is 4.89 Å². The maximum Gasteiger partial charge on any atom is 2.00 e. The smallest absolute Gasteiger partial charge is 0.550 e. The molecule has 32 heavy (non-hydrogen) atoms. The molecular weight excluding hydrogens is 491 g/mol. The van der Waals surface area contributed by atoms with Gasteiger partial charge < -0.3 is 19.8 Å². The molecule has 8 heteroatoms. The summed E-state index contributed by atoms with van der Waals surface area (Å²) in [5.74, 6) is -2.09. The number of hydrogen-bond donors (Lipinski definition) is 0. The Labute approximate surface area is 212 Å². The van der Waals surface area contributed by atoms with Crippen molar-refractivity contribution in [3.8, 4) is 0 Å². The third-order valence-electron chi connectivity index (χ3n) is 6.14. The number of rotatable bonds is 5. The van der Waals surface area contributed by atoms with Gasteiger partial charge in [0.25, 0.3) is 0 Å². The van der Waals surface area contributed by atoms with Crippen molar-refractivity contribution in [1.29, 1.82) is 0 Å². The SMILES string of the molecule is CC(C)OOC(=O)C1CCCCC1.O=C([O-])C1CCCCC1.O=C([O-])C1CCCCC1.[Zr+2]. The van der Waals surface area contributed by atoms with Crippen LogP contribution >= 0.6 is 0 Å². The van der Waals surface area contributed by atoms with E-state index in [9.17, 15) is 24.6 Å². The van der Waals surface area contributed by atoms with Gasteiger partial charge in [-0.1, -0.05) is 57.8 Å². The number of carboxylic acid groups (broad SMARTS) is 2. The maximum atomic E-state index is 11.4. The van der Waals surface area contributed by atoms with Gasteiger partial charge in [-0.15, -0.1) is 0 Å². The van der Waals surface area contributed by atoms with Crippen molar-refractivity contribution < 1.29 is 60.6 Å². The fourth-order valence-corrected chi connectivity index (χ4v) is 4.23. The fourth-order valence-electron chi connectivity index (χ4n) is 4.23. The second-order valence-corrected chi connectivity index (χ2v) is 9.19. The molecule has 0 bridgehead atoms. The van der Waals surface area contributed by atoms with Crippen LogP contribution in [0, 0.1) is 17.8 Å². The molecule has 0 atom stereocenters. The second-order valence-electron chi connectivity index (χ2n) is 9.19. The Morgan fingerprint density at radius 3 is 1.19 bits per heavy atom. The van der Waals surface area contributed by atoms with Gasteiger partial charge in [-0.05, 0) is 64.2 Å². The monoisotopic (exact) mass is 530 g/mol. The number of carbonyl (C=O) groups is 3. The van der Waals surface area contributed by atoms with E-state index in [2.05, 4.69) is 0 Å². The molecule has 3 fully saturated rings. The summed E-state index contributed by atoms with van der Waals surface area (Å²) in [6.07, 6.45) is 15.4. The molecule has 3 rings (SSSR count). The predicted molar refractivity (Wildman–Crippen MR) is 112 cm³/mol. The van der Waals surface area contributed by atoms with Crippen LogP contribution in [-0.2, 0) is 50.4 Å². The van der Waals surface area contributed by atoms with E-state index >= 15 is 0 Å². The molecule has 0 unspecified atom stereocenters. The summed E-state index contributed by atoms with van der Waals surface area (Å²) in [6, 6.07) is 0. The van der Waals surface area contributed by atoms with E-state index in [0.29, 0.717) is 0 Å². The number of hydrogen-bond acceptors (Lipinski definition) is 7. The molecular formula is C24H40O7Zr. The standard InChI is InChI=1S/C10H18O3.2C7H12O2.Zr/c1-8(2)12-13-10(11)9-6-4-3-5-7-9;2*8-7(9)6-4-2-1-3-5-6;/h8-9H,3-7H2,1-2H3;2*6H,1-5H2,(H,8,9);/q;;;+2/p-2. The normalized spacial score (nSPS) is 20.0. The van der Waals surface area contributed by atoms with Crippen LogP contribution < -0.4 is 10.2 Å². The van der Waals surface area contributed by atoms with E-state index in [-0.39, 0.29) is 56.0 Å². The minimum atomic E-state index is -0.852. The van der Waals surface area contributed by atoms with Gasteiger partial charge in [0.05, 0.1) is 12.0 Å². The second kappa shape index (κ2) is 18.7. The van der Waals surface area contributed by atoms with Crippen LogP contribution in [0.4, 0.5) is 0 Å². The first kappa shape index (κ1) is 31.3. The zero-order chi connectivity index (χ0) is 23.1. The summed E-state index contributed by atoms with van der Waals surface area (Å²) in [5, 5.41) is 20.5. The summed E-state index contributed by atoms with van der Waals surface area (Å²) < 4.78 is 0. The van der Waals surface area contributed by atoms with Crippen molar-refractivity contribution in [2.24, 2.45) is 17.8 Å². The van der Waals surface area contributed by atoms with Crippen molar-refractivity contribution in [2.45, 2.75) is 116 Å². The topological polar surface area (TPSA) is 116 Å². The zero-order valence-corrected chi connectivity index (χ0v) is 22.2. The molecule has 182 valence electrons. The predicted octanol–water partition coefficient (Wildman–Crippen LogP) is 3.08. The van der Waals surface area contributed by atoms with Crippen LogP contribution in [0.3, 0.4) is 0 Å². The molecule has 0 aromatic carbocycles. The van der Waals surface area contributed by atoms with E-state index in [0.717, 1.165) is 77.0 Å². The molecule has 0 aromatic rings. The van der Waals surface area contributed by atoms with Crippen LogP contribution in [0.5, 0.6) is 0 Å². The van der Waals surface area contributed by atoms with Crippen LogP contribution in [0.15, 0.2) is 0 Å². The minimum absolute atomic E-state index is 0. The zero-order valence-electron chi connectivity index (χ0n) is 19.8. The van der Waals surface area contributed by atoms with E-state index in [1.807, 2.05) is 13.8 Å². The average molecular weight is 532 g/mol. The third-order valence-corrected chi connectivity index (χ3v) is 6.14. The largest absolute Gasteiger partial charge is 2.00 e. The molecule has 0 aliphatic heterocycles. The van der Waals surface area contributed by atoms with Gasteiger partial charge in [0, 0.05) is 11.9 Å². The average Bonchev–Trinajstić information content (AvgIpc) is 2.80. The number of aliphatic carboxylic acids is 2. The van der Waals surface area contributed by atoms with Crippen molar-refractivity contribution in [3.05, 3.63) is 0 Å². The summed E-state index contributed by atoms with van der Waals surface area (Å²) >= 11 is 0. The maximum absolute atomic E-state index is 11.4. The fraction of sp³-hybridized carbons (Fsp3) is 0.875. The Bertz CT molecular complexity index is 492. The van der Waals surface area contributed by atoms with Crippen molar-refractivity contribution >= 4 is 17.9 Å². The van der Waals surface area contributed by atoms with Gasteiger partial charge in [0.15, 0.2) is 0 Å². The van der Waals surface area contributed by atoms with Gasteiger partial charge in [-0.3, -0.25) is 4.89 Å². The van der Waals surface area contributed by atoms with Gasteiger partial charge >= 0.3 is 32.2 Å². The van der Waals surface area contributed by atoms with Crippen LogP contribution in [0.1, 0.15) is 110 Å². The Morgan fingerprint density at radius 1 is 0.625 bits per heavy atom. The first-order chi connectivity index (χ1) is 14.8. The third kappa shape index (κ3) is 14.4. The molecule has 7 nitrogen and oxygen atoms in total. The molecule has 0 amide bonds. The number of carbonyl (C=O) groups excluding carboxylic acids is 3. The van der Waals surface area contributed by atoms with Crippen LogP contribution in [-0.4, -0.2) is 24.0 Å². The van der Waals surface area contributed by atoms with Gasteiger partial charge in [-0.25, -0.2) is 4.79 Å². The van der Waals surface area contributed by atoms with E-state index in [1.165, 1.54) is 19.3 Å².